The molecule has 4 heteroatoms. The first-order valence-electron chi connectivity index (χ1n) is 5.39. The van der Waals surface area contributed by atoms with E-state index in [9.17, 15) is 5.11 Å². The molecule has 90 valence electrons. The van der Waals surface area contributed by atoms with E-state index in [0.717, 1.165) is 14.4 Å². The van der Waals surface area contributed by atoms with Crippen molar-refractivity contribution in [3.63, 3.8) is 0 Å². The molecule has 2 rings (SSSR count). The number of aryl methyl sites for hydroxylation is 1. The molecule has 2 N–H and O–H groups in total. The summed E-state index contributed by atoms with van der Waals surface area (Å²) in [6.45, 7) is 2.14. The molecule has 17 heavy (non-hydrogen) atoms. The van der Waals surface area contributed by atoms with Gasteiger partial charge in [0.05, 0.1) is 16.4 Å². The van der Waals surface area contributed by atoms with E-state index in [2.05, 4.69) is 34.2 Å². The number of nitrogens with one attached hydrogen (secondary N) is 1. The first-order valence-corrected chi connectivity index (χ1v) is 7.00. The Morgan fingerprint density at radius 3 is 2.65 bits per heavy atom. The first kappa shape index (κ1) is 12.6. The number of thiophene rings is 1. The molecule has 0 aliphatic carbocycles. The molecule has 2 aromatic rings. The fourth-order valence-electron chi connectivity index (χ4n) is 1.64. The molecule has 0 aliphatic heterocycles. The lowest BCUT2D eigenvalue weighted by Crippen LogP contribution is -2.14. The van der Waals surface area contributed by atoms with Crippen molar-refractivity contribution in [2.24, 2.45) is 0 Å². The van der Waals surface area contributed by atoms with Crippen molar-refractivity contribution in [3.05, 3.63) is 50.6 Å². The molecule has 1 aromatic carbocycles. The van der Waals surface area contributed by atoms with E-state index in [1.165, 1.54) is 5.56 Å². The molecule has 0 spiro atoms. The van der Waals surface area contributed by atoms with Gasteiger partial charge >= 0.3 is 0 Å². The molecular weight excluding hydrogens is 298 g/mol. The number of para-hydroxylation sites is 1. The van der Waals surface area contributed by atoms with Gasteiger partial charge in [0, 0.05) is 10.6 Å². The van der Waals surface area contributed by atoms with E-state index in [0.29, 0.717) is 0 Å². The highest BCUT2D eigenvalue weighted by atomic mass is 79.9. The van der Waals surface area contributed by atoms with Gasteiger partial charge in [-0.15, -0.1) is 11.3 Å². The lowest BCUT2D eigenvalue weighted by Gasteiger charge is -2.17. The maximum Gasteiger partial charge on any atom is 0.0838 e. The molecule has 1 heterocycles. The van der Waals surface area contributed by atoms with Gasteiger partial charge in [0.2, 0.25) is 0 Å². The van der Waals surface area contributed by atoms with Gasteiger partial charge in [0.25, 0.3) is 0 Å². The average molecular weight is 312 g/mol. The van der Waals surface area contributed by atoms with Crippen LogP contribution in [0.15, 0.2) is 40.2 Å². The van der Waals surface area contributed by atoms with E-state index < -0.39 is 0 Å². The van der Waals surface area contributed by atoms with Crippen molar-refractivity contribution in [1.29, 1.82) is 0 Å². The topological polar surface area (TPSA) is 32.3 Å². The lowest BCUT2D eigenvalue weighted by atomic mass is 10.1. The molecule has 0 aliphatic rings. The largest absolute Gasteiger partial charge is 0.394 e. The van der Waals surface area contributed by atoms with Crippen LogP contribution in [0.2, 0.25) is 0 Å². The van der Waals surface area contributed by atoms with Crippen molar-refractivity contribution in [3.8, 4) is 0 Å². The zero-order chi connectivity index (χ0) is 12.3. The second-order valence-electron chi connectivity index (χ2n) is 3.84. The zero-order valence-corrected chi connectivity index (χ0v) is 11.9. The third-order valence-electron chi connectivity index (χ3n) is 2.59. The van der Waals surface area contributed by atoms with Gasteiger partial charge in [-0.2, -0.15) is 0 Å². The van der Waals surface area contributed by atoms with Crippen molar-refractivity contribution >= 4 is 33.0 Å². The molecule has 0 saturated carbocycles. The Morgan fingerprint density at radius 1 is 1.29 bits per heavy atom. The molecular formula is C13H14BrNOS. The lowest BCUT2D eigenvalue weighted by molar-refractivity contribution is 0.277. The summed E-state index contributed by atoms with van der Waals surface area (Å²) in [7, 11) is 0. The van der Waals surface area contributed by atoms with E-state index in [4.69, 9.17) is 0 Å². The summed E-state index contributed by atoms with van der Waals surface area (Å²) in [6.07, 6.45) is 0. The van der Waals surface area contributed by atoms with Gasteiger partial charge < -0.3 is 10.4 Å². The van der Waals surface area contributed by atoms with Gasteiger partial charge in [-0.05, 0) is 46.6 Å². The van der Waals surface area contributed by atoms with Gasteiger partial charge in [0.1, 0.15) is 0 Å². The van der Waals surface area contributed by atoms with Crippen LogP contribution < -0.4 is 5.32 Å². The maximum absolute atomic E-state index is 9.47. The fraction of sp³-hybridized carbons (Fsp3) is 0.231. The van der Waals surface area contributed by atoms with Crippen molar-refractivity contribution in [2.45, 2.75) is 13.0 Å². The van der Waals surface area contributed by atoms with Crippen molar-refractivity contribution < 1.29 is 5.11 Å². The van der Waals surface area contributed by atoms with Crippen LogP contribution in [-0.4, -0.2) is 11.7 Å². The summed E-state index contributed by atoms with van der Waals surface area (Å²) >= 11 is 5.08. The van der Waals surface area contributed by atoms with Crippen molar-refractivity contribution in [1.82, 2.24) is 0 Å². The Morgan fingerprint density at radius 2 is 2.06 bits per heavy atom. The minimum absolute atomic E-state index is 0.0487. The molecule has 0 bridgehead atoms. The van der Waals surface area contributed by atoms with Crippen LogP contribution in [0.25, 0.3) is 0 Å². The fourth-order valence-corrected chi connectivity index (χ4v) is 3.11. The smallest absolute Gasteiger partial charge is 0.0838 e. The Kier molecular flexibility index (Phi) is 4.20. The minimum atomic E-state index is -0.0487. The minimum Gasteiger partial charge on any atom is -0.394 e. The second kappa shape index (κ2) is 5.67. The number of anilines is 1. The number of aliphatic hydroxyl groups is 1. The second-order valence-corrected chi connectivity index (χ2v) is 6.33. The highest BCUT2D eigenvalue weighted by molar-refractivity contribution is 9.11. The van der Waals surface area contributed by atoms with Gasteiger partial charge in [0.15, 0.2) is 0 Å². The van der Waals surface area contributed by atoms with E-state index in [1.54, 1.807) is 11.3 Å². The SMILES string of the molecule is Cc1ccccc1NC(CO)c1ccc(Br)s1. The Hall–Kier alpha value is -0.840. The molecule has 0 fully saturated rings. The molecule has 1 aromatic heterocycles. The van der Waals surface area contributed by atoms with Crippen LogP contribution in [0.5, 0.6) is 0 Å². The molecule has 2 nitrogen and oxygen atoms in total. The molecule has 0 saturated heterocycles. The quantitative estimate of drug-likeness (QED) is 0.895. The van der Waals surface area contributed by atoms with Crippen molar-refractivity contribution in [2.75, 3.05) is 11.9 Å². The van der Waals surface area contributed by atoms with Crippen LogP contribution in [0, 0.1) is 6.92 Å². The third kappa shape index (κ3) is 3.09. The summed E-state index contributed by atoms with van der Waals surface area (Å²) in [5.74, 6) is 0. The number of benzene rings is 1. The summed E-state index contributed by atoms with van der Waals surface area (Å²) < 4.78 is 1.08. The number of hydrogen-bond acceptors (Lipinski definition) is 3. The molecule has 1 unspecified atom stereocenters. The van der Waals surface area contributed by atoms with Crippen LogP contribution in [0.3, 0.4) is 0 Å². The van der Waals surface area contributed by atoms with Crippen LogP contribution >= 0.6 is 27.3 Å². The molecule has 0 radical (unpaired) electrons. The summed E-state index contributed by atoms with van der Waals surface area (Å²) in [4.78, 5) is 1.13. The monoisotopic (exact) mass is 311 g/mol. The highest BCUT2D eigenvalue weighted by Crippen LogP contribution is 2.30. The first-order chi connectivity index (χ1) is 8.20. The molecule has 1 atom stereocenters. The van der Waals surface area contributed by atoms with E-state index in [-0.39, 0.29) is 12.6 Å². The number of hydrogen-bond donors (Lipinski definition) is 2. The third-order valence-corrected chi connectivity index (χ3v) is 4.33. The Bertz CT molecular complexity index is 498. The normalized spacial score (nSPS) is 12.4. The van der Waals surface area contributed by atoms with Crippen LogP contribution in [0.4, 0.5) is 5.69 Å². The molecule has 0 amide bonds. The summed E-state index contributed by atoms with van der Waals surface area (Å²) in [5, 5.41) is 12.8. The number of aliphatic hydroxyl groups excluding tert-OH is 1. The van der Waals surface area contributed by atoms with Crippen LogP contribution in [-0.2, 0) is 0 Å². The van der Waals surface area contributed by atoms with Gasteiger partial charge in [-0.1, -0.05) is 18.2 Å². The van der Waals surface area contributed by atoms with E-state index >= 15 is 0 Å². The summed E-state index contributed by atoms with van der Waals surface area (Å²) in [6, 6.07) is 12.1. The zero-order valence-electron chi connectivity index (χ0n) is 9.48. The number of rotatable bonds is 4. The summed E-state index contributed by atoms with van der Waals surface area (Å²) in [5.41, 5.74) is 2.25. The van der Waals surface area contributed by atoms with Gasteiger partial charge in [-0.3, -0.25) is 0 Å². The Balaban J connectivity index is 2.18. The predicted octanol–water partition coefficient (Wildman–Crippen LogP) is 3.96. The predicted molar refractivity (Wildman–Crippen MR) is 76.6 cm³/mol. The highest BCUT2D eigenvalue weighted by Gasteiger charge is 2.13. The maximum atomic E-state index is 9.47. The van der Waals surface area contributed by atoms with Gasteiger partial charge in [-0.25, -0.2) is 0 Å². The van der Waals surface area contributed by atoms with E-state index in [1.807, 2.05) is 30.3 Å². The number of halogens is 1. The van der Waals surface area contributed by atoms with Crippen LogP contribution in [0.1, 0.15) is 16.5 Å². The Labute approximate surface area is 113 Å². The average Bonchev–Trinajstić information content (AvgIpc) is 2.75. The standard InChI is InChI=1S/C13H14BrNOS/c1-9-4-2-3-5-10(9)15-11(8-16)12-6-7-13(14)17-12/h2-7,11,15-16H,8H2,1H3.